The molecule has 0 spiro atoms. The second-order valence-corrected chi connectivity index (χ2v) is 5.35. The summed E-state index contributed by atoms with van der Waals surface area (Å²) in [4.78, 5) is 7.76. The first-order chi connectivity index (χ1) is 12.2. The van der Waals surface area contributed by atoms with Crippen molar-refractivity contribution in [3.05, 3.63) is 71.9 Å². The lowest BCUT2D eigenvalue weighted by molar-refractivity contribution is -0.137. The molecule has 0 aliphatic rings. The van der Waals surface area contributed by atoms with Crippen molar-refractivity contribution >= 4 is 0 Å². The summed E-state index contributed by atoms with van der Waals surface area (Å²) in [6.07, 6.45) is -8.12. The van der Waals surface area contributed by atoms with Gasteiger partial charge in [-0.05, 0) is 18.2 Å². The van der Waals surface area contributed by atoms with E-state index in [0.717, 1.165) is 18.3 Å². The molecule has 2 nitrogen and oxygen atoms in total. The smallest absolute Gasteiger partial charge is 0.237 e. The van der Waals surface area contributed by atoms with Gasteiger partial charge in [0.05, 0.1) is 16.8 Å². The maximum Gasteiger partial charge on any atom is 0.417 e. The normalized spacial score (nSPS) is 12.2. The topological polar surface area (TPSA) is 25.8 Å². The number of rotatable bonds is 2. The third-order valence-electron chi connectivity index (χ3n) is 3.64. The van der Waals surface area contributed by atoms with E-state index in [2.05, 4.69) is 9.97 Å². The van der Waals surface area contributed by atoms with Crippen LogP contribution in [-0.2, 0) is 12.4 Å². The van der Waals surface area contributed by atoms with Gasteiger partial charge in [-0.1, -0.05) is 36.4 Å². The van der Waals surface area contributed by atoms with E-state index in [4.69, 9.17) is 0 Å². The van der Waals surface area contributed by atoms with Gasteiger partial charge in [-0.3, -0.25) is 0 Å². The minimum Gasteiger partial charge on any atom is -0.237 e. The van der Waals surface area contributed by atoms with E-state index in [1.54, 1.807) is 0 Å². The summed E-state index contributed by atoms with van der Waals surface area (Å²) in [5, 5.41) is 0. The Kier molecular flexibility index (Phi) is 4.43. The van der Waals surface area contributed by atoms with Crippen molar-refractivity contribution in [2.45, 2.75) is 12.4 Å². The van der Waals surface area contributed by atoms with E-state index in [1.807, 2.05) is 0 Å². The molecule has 0 N–H and O–H groups in total. The molecule has 0 saturated carbocycles. The SMILES string of the molecule is FC(F)(F)c1ccccc1-c1ccnc(-c2ccccc2C(F)(F)F)n1. The van der Waals surface area contributed by atoms with Crippen molar-refractivity contribution < 1.29 is 26.3 Å². The van der Waals surface area contributed by atoms with E-state index < -0.39 is 23.5 Å². The van der Waals surface area contributed by atoms with E-state index in [9.17, 15) is 26.3 Å². The largest absolute Gasteiger partial charge is 0.417 e. The molecular weight excluding hydrogens is 358 g/mol. The van der Waals surface area contributed by atoms with Crippen molar-refractivity contribution in [1.82, 2.24) is 9.97 Å². The molecule has 0 bridgehead atoms. The average molecular weight is 368 g/mol. The van der Waals surface area contributed by atoms with Crippen LogP contribution >= 0.6 is 0 Å². The predicted molar refractivity (Wildman–Crippen MR) is 82.9 cm³/mol. The molecule has 0 aliphatic carbocycles. The van der Waals surface area contributed by atoms with Gasteiger partial charge in [0, 0.05) is 17.3 Å². The van der Waals surface area contributed by atoms with Gasteiger partial charge < -0.3 is 0 Å². The van der Waals surface area contributed by atoms with Crippen LogP contribution in [0.2, 0.25) is 0 Å². The zero-order valence-corrected chi connectivity index (χ0v) is 12.9. The van der Waals surface area contributed by atoms with E-state index >= 15 is 0 Å². The number of halogens is 6. The molecular formula is C18H10F6N2. The van der Waals surface area contributed by atoms with Crippen molar-refractivity contribution in [3.8, 4) is 22.6 Å². The Balaban J connectivity index is 2.16. The van der Waals surface area contributed by atoms with Crippen LogP contribution in [0.4, 0.5) is 26.3 Å². The zero-order valence-electron chi connectivity index (χ0n) is 12.9. The molecule has 8 heteroatoms. The Morgan fingerprint density at radius 3 is 1.69 bits per heavy atom. The maximum atomic E-state index is 13.2. The Morgan fingerprint density at radius 1 is 0.615 bits per heavy atom. The highest BCUT2D eigenvalue weighted by molar-refractivity contribution is 5.68. The van der Waals surface area contributed by atoms with Gasteiger partial charge >= 0.3 is 12.4 Å². The van der Waals surface area contributed by atoms with Crippen LogP contribution in [0.15, 0.2) is 60.8 Å². The second kappa shape index (κ2) is 6.44. The summed E-state index contributed by atoms with van der Waals surface area (Å²) >= 11 is 0. The summed E-state index contributed by atoms with van der Waals surface area (Å²) < 4.78 is 79.1. The molecule has 0 atom stereocenters. The van der Waals surface area contributed by atoms with Crippen LogP contribution in [0, 0.1) is 0 Å². The first-order valence-electron chi connectivity index (χ1n) is 7.34. The standard InChI is InChI=1S/C18H10F6N2/c19-17(20,21)13-7-3-1-5-11(13)15-9-10-25-16(26-15)12-6-2-4-8-14(12)18(22,23)24/h1-10H. The first-order valence-corrected chi connectivity index (χ1v) is 7.34. The minimum absolute atomic E-state index is 0.111. The number of hydrogen-bond donors (Lipinski definition) is 0. The summed E-state index contributed by atoms with van der Waals surface area (Å²) in [5.74, 6) is -0.299. The van der Waals surface area contributed by atoms with E-state index in [-0.39, 0.29) is 22.6 Å². The quantitative estimate of drug-likeness (QED) is 0.531. The molecule has 0 unspecified atom stereocenters. The molecule has 134 valence electrons. The van der Waals surface area contributed by atoms with Gasteiger partial charge in [0.2, 0.25) is 0 Å². The fourth-order valence-electron chi connectivity index (χ4n) is 2.52. The van der Waals surface area contributed by atoms with Crippen LogP contribution in [0.3, 0.4) is 0 Å². The molecule has 3 aromatic rings. The van der Waals surface area contributed by atoms with Gasteiger partial charge in [0.15, 0.2) is 5.82 Å². The van der Waals surface area contributed by atoms with Crippen molar-refractivity contribution in [2.24, 2.45) is 0 Å². The van der Waals surface area contributed by atoms with Crippen molar-refractivity contribution in [2.75, 3.05) is 0 Å². The minimum atomic E-state index is -4.64. The summed E-state index contributed by atoms with van der Waals surface area (Å²) in [6, 6.07) is 10.6. The van der Waals surface area contributed by atoms with E-state index in [0.29, 0.717) is 0 Å². The molecule has 0 radical (unpaired) electrons. The highest BCUT2D eigenvalue weighted by Gasteiger charge is 2.35. The highest BCUT2D eigenvalue weighted by Crippen LogP contribution is 2.38. The molecule has 3 rings (SSSR count). The molecule has 2 aromatic carbocycles. The number of benzene rings is 2. The number of alkyl halides is 6. The first kappa shape index (κ1) is 17.9. The molecule has 0 amide bonds. The van der Waals surface area contributed by atoms with Crippen LogP contribution in [0.5, 0.6) is 0 Å². The average Bonchev–Trinajstić information content (AvgIpc) is 2.60. The lowest BCUT2D eigenvalue weighted by atomic mass is 10.0. The molecule has 0 fully saturated rings. The Labute approximate surface area is 144 Å². The lowest BCUT2D eigenvalue weighted by Crippen LogP contribution is -2.09. The molecule has 26 heavy (non-hydrogen) atoms. The lowest BCUT2D eigenvalue weighted by Gasteiger charge is -2.14. The molecule has 1 heterocycles. The van der Waals surface area contributed by atoms with Crippen LogP contribution in [0.1, 0.15) is 11.1 Å². The zero-order chi connectivity index (χ0) is 18.9. The fraction of sp³-hybridized carbons (Fsp3) is 0.111. The monoisotopic (exact) mass is 368 g/mol. The molecule has 0 saturated heterocycles. The Hall–Kier alpha value is -2.90. The van der Waals surface area contributed by atoms with Gasteiger partial charge in [0.1, 0.15) is 0 Å². The number of hydrogen-bond acceptors (Lipinski definition) is 2. The Bertz CT molecular complexity index is 858. The third kappa shape index (κ3) is 3.54. The van der Waals surface area contributed by atoms with Crippen LogP contribution < -0.4 is 0 Å². The maximum absolute atomic E-state index is 13.2. The second-order valence-electron chi connectivity index (χ2n) is 5.35. The summed E-state index contributed by atoms with van der Waals surface area (Å²) in [6.45, 7) is 0. The third-order valence-corrected chi connectivity index (χ3v) is 3.64. The van der Waals surface area contributed by atoms with Gasteiger partial charge in [-0.2, -0.15) is 26.3 Å². The number of nitrogens with zero attached hydrogens (tertiary/aromatic N) is 2. The van der Waals surface area contributed by atoms with Crippen molar-refractivity contribution in [3.63, 3.8) is 0 Å². The number of aromatic nitrogens is 2. The molecule has 0 aliphatic heterocycles. The highest BCUT2D eigenvalue weighted by atomic mass is 19.4. The van der Waals surface area contributed by atoms with Crippen LogP contribution in [-0.4, -0.2) is 9.97 Å². The van der Waals surface area contributed by atoms with E-state index in [1.165, 1.54) is 42.5 Å². The van der Waals surface area contributed by atoms with Crippen LogP contribution in [0.25, 0.3) is 22.6 Å². The summed E-state index contributed by atoms with van der Waals surface area (Å²) in [7, 11) is 0. The van der Waals surface area contributed by atoms with Gasteiger partial charge in [0.25, 0.3) is 0 Å². The van der Waals surface area contributed by atoms with Gasteiger partial charge in [-0.15, -0.1) is 0 Å². The predicted octanol–water partition coefficient (Wildman–Crippen LogP) is 5.85. The summed E-state index contributed by atoms with van der Waals surface area (Å²) in [5.41, 5.74) is -2.52. The fourth-order valence-corrected chi connectivity index (χ4v) is 2.52. The van der Waals surface area contributed by atoms with Crippen molar-refractivity contribution in [1.29, 1.82) is 0 Å². The molecule has 1 aromatic heterocycles. The van der Waals surface area contributed by atoms with Gasteiger partial charge in [-0.25, -0.2) is 9.97 Å². The Morgan fingerprint density at radius 2 is 1.12 bits per heavy atom.